The molecule has 1 aliphatic heterocycles. The molecule has 0 unspecified atom stereocenters. The van der Waals surface area contributed by atoms with Crippen molar-refractivity contribution in [1.29, 1.82) is 0 Å². The summed E-state index contributed by atoms with van der Waals surface area (Å²) in [7, 11) is 0. The number of fused-ring (bicyclic) bond motifs is 1. The lowest BCUT2D eigenvalue weighted by Gasteiger charge is -2.25. The van der Waals surface area contributed by atoms with E-state index in [0.717, 1.165) is 68.8 Å². The van der Waals surface area contributed by atoms with Crippen LogP contribution in [0.15, 0.2) is 18.7 Å². The highest BCUT2D eigenvalue weighted by molar-refractivity contribution is 7.18. The van der Waals surface area contributed by atoms with Crippen LogP contribution in [0.3, 0.4) is 0 Å². The number of hydrogen-bond acceptors (Lipinski definition) is 7. The summed E-state index contributed by atoms with van der Waals surface area (Å²) < 4.78 is 7.55. The Morgan fingerprint density at radius 3 is 2.85 bits per heavy atom. The van der Waals surface area contributed by atoms with Gasteiger partial charge in [0.1, 0.15) is 16.5 Å². The normalized spacial score (nSPS) is 15.5. The predicted molar refractivity (Wildman–Crippen MR) is 108 cm³/mol. The molecule has 4 heterocycles. The molecule has 4 rings (SSSR count). The van der Waals surface area contributed by atoms with Crippen molar-refractivity contribution in [2.75, 3.05) is 38.2 Å². The van der Waals surface area contributed by atoms with Crippen molar-refractivity contribution in [2.24, 2.45) is 0 Å². The predicted octanol–water partition coefficient (Wildman–Crippen LogP) is 2.84. The summed E-state index contributed by atoms with van der Waals surface area (Å²) in [4.78, 5) is 18.6. The third-order valence-electron chi connectivity index (χ3n) is 4.99. The molecule has 0 spiro atoms. The van der Waals surface area contributed by atoms with Crippen molar-refractivity contribution in [1.82, 2.24) is 24.4 Å². The third kappa shape index (κ3) is 4.28. The van der Waals surface area contributed by atoms with Crippen molar-refractivity contribution >= 4 is 27.4 Å². The second-order valence-corrected chi connectivity index (χ2v) is 8.12. The quantitative estimate of drug-likeness (QED) is 0.630. The molecule has 0 amide bonds. The van der Waals surface area contributed by atoms with Gasteiger partial charge in [-0.15, -0.1) is 11.3 Å². The Morgan fingerprint density at radius 2 is 2.07 bits per heavy atom. The highest BCUT2D eigenvalue weighted by Gasteiger charge is 2.17. The topological polar surface area (TPSA) is 68.1 Å². The fraction of sp³-hybridized carbons (Fsp3) is 0.526. The number of rotatable bonds is 7. The summed E-state index contributed by atoms with van der Waals surface area (Å²) in [6.45, 7) is 10.4. The molecule has 0 aromatic carbocycles. The number of morpholine rings is 1. The van der Waals surface area contributed by atoms with Crippen LogP contribution < -0.4 is 5.32 Å². The third-order valence-corrected chi connectivity index (χ3v) is 6.09. The minimum absolute atomic E-state index is 0.777. The SMILES string of the molecule is Cc1sc2nc(CN3CCOCC3)nc(NCCCn3ccnc3)c2c1C. The molecule has 0 radical (unpaired) electrons. The van der Waals surface area contributed by atoms with Crippen molar-refractivity contribution in [2.45, 2.75) is 33.4 Å². The molecular formula is C19H26N6OS. The van der Waals surface area contributed by atoms with Crippen LogP contribution >= 0.6 is 11.3 Å². The Labute approximate surface area is 163 Å². The lowest BCUT2D eigenvalue weighted by atomic mass is 10.2. The first kappa shape index (κ1) is 18.3. The van der Waals surface area contributed by atoms with Crippen LogP contribution in [0.1, 0.15) is 22.7 Å². The molecule has 7 nitrogen and oxygen atoms in total. The second kappa shape index (κ2) is 8.33. The van der Waals surface area contributed by atoms with Gasteiger partial charge in [0, 0.05) is 43.4 Å². The number of hydrogen-bond donors (Lipinski definition) is 1. The molecule has 27 heavy (non-hydrogen) atoms. The van der Waals surface area contributed by atoms with Gasteiger partial charge in [0.15, 0.2) is 0 Å². The number of nitrogens with one attached hydrogen (secondary N) is 1. The van der Waals surface area contributed by atoms with Crippen LogP contribution in [-0.2, 0) is 17.8 Å². The van der Waals surface area contributed by atoms with Gasteiger partial charge in [0.25, 0.3) is 0 Å². The highest BCUT2D eigenvalue weighted by Crippen LogP contribution is 2.33. The van der Waals surface area contributed by atoms with Gasteiger partial charge in [-0.3, -0.25) is 4.90 Å². The Kier molecular flexibility index (Phi) is 5.66. The summed E-state index contributed by atoms with van der Waals surface area (Å²) >= 11 is 1.76. The molecule has 3 aromatic heterocycles. The van der Waals surface area contributed by atoms with Gasteiger partial charge in [-0.05, 0) is 25.8 Å². The van der Waals surface area contributed by atoms with Crippen LogP contribution in [-0.4, -0.2) is 57.3 Å². The van der Waals surface area contributed by atoms with E-state index >= 15 is 0 Å². The molecule has 1 saturated heterocycles. The Hall–Kier alpha value is -2.03. The lowest BCUT2D eigenvalue weighted by Crippen LogP contribution is -2.36. The van der Waals surface area contributed by atoms with Gasteiger partial charge < -0.3 is 14.6 Å². The zero-order valence-electron chi connectivity index (χ0n) is 15.9. The first-order valence-electron chi connectivity index (χ1n) is 9.47. The van der Waals surface area contributed by atoms with Gasteiger partial charge in [0.2, 0.25) is 0 Å². The molecule has 3 aromatic rings. The average molecular weight is 387 g/mol. The fourth-order valence-electron chi connectivity index (χ4n) is 3.34. The number of ether oxygens (including phenoxy) is 1. The zero-order chi connectivity index (χ0) is 18.6. The summed E-state index contributed by atoms with van der Waals surface area (Å²) in [6.07, 6.45) is 6.69. The molecule has 1 aliphatic rings. The van der Waals surface area contributed by atoms with Crippen LogP contribution in [0.5, 0.6) is 0 Å². The molecule has 0 aliphatic carbocycles. The van der Waals surface area contributed by atoms with Gasteiger partial charge in [-0.25, -0.2) is 15.0 Å². The van der Waals surface area contributed by atoms with E-state index in [2.05, 4.69) is 33.6 Å². The molecule has 1 N–H and O–H groups in total. The maximum absolute atomic E-state index is 5.45. The molecule has 0 bridgehead atoms. The highest BCUT2D eigenvalue weighted by atomic mass is 32.1. The summed E-state index contributed by atoms with van der Waals surface area (Å²) in [5.41, 5.74) is 1.28. The maximum atomic E-state index is 5.45. The largest absolute Gasteiger partial charge is 0.379 e. The van der Waals surface area contributed by atoms with E-state index in [1.165, 1.54) is 15.8 Å². The zero-order valence-corrected chi connectivity index (χ0v) is 16.8. The molecule has 0 atom stereocenters. The van der Waals surface area contributed by atoms with Gasteiger partial charge >= 0.3 is 0 Å². The van der Waals surface area contributed by atoms with Crippen molar-refractivity contribution in [3.05, 3.63) is 35.0 Å². The minimum Gasteiger partial charge on any atom is -0.379 e. The van der Waals surface area contributed by atoms with Crippen molar-refractivity contribution in [3.63, 3.8) is 0 Å². The van der Waals surface area contributed by atoms with Crippen LogP contribution in [0.25, 0.3) is 10.2 Å². The van der Waals surface area contributed by atoms with Crippen LogP contribution in [0, 0.1) is 13.8 Å². The van der Waals surface area contributed by atoms with Gasteiger partial charge in [-0.1, -0.05) is 0 Å². The fourth-order valence-corrected chi connectivity index (χ4v) is 4.39. The number of imidazole rings is 1. The standard InChI is InChI=1S/C19H26N6OS/c1-14-15(2)27-19-17(14)18(21-4-3-6-25-7-5-20-13-25)22-16(23-19)12-24-8-10-26-11-9-24/h5,7,13H,3-4,6,8-12H2,1-2H3,(H,21,22,23). The van der Waals surface area contributed by atoms with Crippen LogP contribution in [0.4, 0.5) is 5.82 Å². The number of anilines is 1. The first-order chi connectivity index (χ1) is 13.2. The Bertz CT molecular complexity index is 885. The summed E-state index contributed by atoms with van der Waals surface area (Å²) in [6, 6.07) is 0. The van der Waals surface area contributed by atoms with E-state index < -0.39 is 0 Å². The summed E-state index contributed by atoms with van der Waals surface area (Å²) in [5, 5.41) is 4.73. The monoisotopic (exact) mass is 386 g/mol. The van der Waals surface area contributed by atoms with Crippen LogP contribution in [0.2, 0.25) is 0 Å². The number of nitrogens with zero attached hydrogens (tertiary/aromatic N) is 5. The van der Waals surface area contributed by atoms with Gasteiger partial charge in [-0.2, -0.15) is 0 Å². The van der Waals surface area contributed by atoms with E-state index in [4.69, 9.17) is 14.7 Å². The Morgan fingerprint density at radius 1 is 1.22 bits per heavy atom. The molecule has 1 fully saturated rings. The smallest absolute Gasteiger partial charge is 0.146 e. The first-order valence-corrected chi connectivity index (χ1v) is 10.3. The molecule has 0 saturated carbocycles. The number of aryl methyl sites for hydroxylation is 3. The van der Waals surface area contributed by atoms with Gasteiger partial charge in [0.05, 0.1) is 31.5 Å². The van der Waals surface area contributed by atoms with Crippen molar-refractivity contribution in [3.8, 4) is 0 Å². The average Bonchev–Trinajstić information content (AvgIpc) is 3.28. The van der Waals surface area contributed by atoms with E-state index in [-0.39, 0.29) is 0 Å². The molecule has 144 valence electrons. The lowest BCUT2D eigenvalue weighted by molar-refractivity contribution is 0.0331. The van der Waals surface area contributed by atoms with Crippen molar-refractivity contribution < 1.29 is 4.74 Å². The number of aromatic nitrogens is 4. The minimum atomic E-state index is 0.777. The number of thiophene rings is 1. The van der Waals surface area contributed by atoms with E-state index in [9.17, 15) is 0 Å². The second-order valence-electron chi connectivity index (χ2n) is 6.92. The molecule has 8 heteroatoms. The van der Waals surface area contributed by atoms with E-state index in [0.29, 0.717) is 0 Å². The summed E-state index contributed by atoms with van der Waals surface area (Å²) in [5.74, 6) is 1.86. The maximum Gasteiger partial charge on any atom is 0.146 e. The van der Waals surface area contributed by atoms with E-state index in [1.54, 1.807) is 11.3 Å². The van der Waals surface area contributed by atoms with E-state index in [1.807, 2.05) is 18.7 Å². The Balaban J connectivity index is 1.50. The molecular weight excluding hydrogens is 360 g/mol.